The molecule has 0 heterocycles. The van der Waals surface area contributed by atoms with Crippen LogP contribution in [0.3, 0.4) is 0 Å². The van der Waals surface area contributed by atoms with Gasteiger partial charge in [-0.25, -0.2) is 0 Å². The third-order valence-electron chi connectivity index (χ3n) is 2.16. The molecule has 0 atom stereocenters. The Labute approximate surface area is 121 Å². The lowest BCUT2D eigenvalue weighted by atomic mass is 10.2. The van der Waals surface area contributed by atoms with Crippen LogP contribution in [0, 0.1) is 5.92 Å². The monoisotopic (exact) mass is 333 g/mol. The van der Waals surface area contributed by atoms with Crippen molar-refractivity contribution in [2.75, 3.05) is 19.8 Å². The molecule has 1 rings (SSSR count). The summed E-state index contributed by atoms with van der Waals surface area (Å²) in [6.45, 7) is 5.86. The highest BCUT2D eigenvalue weighted by Gasteiger charge is 2.10. The van der Waals surface area contributed by atoms with Gasteiger partial charge in [0.1, 0.15) is 0 Å². The van der Waals surface area contributed by atoms with Crippen molar-refractivity contribution in [3.8, 4) is 0 Å². The van der Waals surface area contributed by atoms with Crippen molar-refractivity contribution in [1.82, 2.24) is 5.32 Å². The van der Waals surface area contributed by atoms with Crippen LogP contribution >= 0.6 is 27.5 Å². The van der Waals surface area contributed by atoms with E-state index in [1.807, 2.05) is 0 Å². The van der Waals surface area contributed by atoms with Crippen molar-refractivity contribution in [3.63, 3.8) is 0 Å². The number of amides is 1. The first-order valence-corrected chi connectivity index (χ1v) is 6.98. The smallest absolute Gasteiger partial charge is 0.252 e. The Bertz CT molecular complexity index is 410. The lowest BCUT2D eigenvalue weighted by Gasteiger charge is -2.09. The molecule has 0 aromatic heterocycles. The largest absolute Gasteiger partial charge is 0.379 e. The molecule has 0 spiro atoms. The molecular weight excluding hydrogens is 318 g/mol. The van der Waals surface area contributed by atoms with Crippen LogP contribution in [-0.2, 0) is 4.74 Å². The van der Waals surface area contributed by atoms with Gasteiger partial charge < -0.3 is 10.1 Å². The van der Waals surface area contributed by atoms with E-state index in [0.717, 1.165) is 4.47 Å². The van der Waals surface area contributed by atoms with Crippen LogP contribution in [0.4, 0.5) is 0 Å². The van der Waals surface area contributed by atoms with Gasteiger partial charge in [-0.05, 0) is 24.1 Å². The van der Waals surface area contributed by atoms with Crippen molar-refractivity contribution < 1.29 is 9.53 Å². The molecule has 0 aliphatic carbocycles. The normalized spacial score (nSPS) is 10.7. The van der Waals surface area contributed by atoms with Crippen LogP contribution in [0.2, 0.25) is 5.02 Å². The minimum atomic E-state index is -0.186. The molecule has 1 aromatic carbocycles. The highest BCUT2D eigenvalue weighted by atomic mass is 79.9. The summed E-state index contributed by atoms with van der Waals surface area (Å²) in [5.74, 6) is 0.315. The fourth-order valence-electron chi connectivity index (χ4n) is 1.32. The Balaban J connectivity index is 2.39. The number of halogens is 2. The molecule has 0 unspecified atom stereocenters. The Hall–Kier alpha value is -0.580. The van der Waals surface area contributed by atoms with Gasteiger partial charge in [0.15, 0.2) is 0 Å². The van der Waals surface area contributed by atoms with Gasteiger partial charge in [0.25, 0.3) is 5.91 Å². The summed E-state index contributed by atoms with van der Waals surface area (Å²) in [5.41, 5.74) is 0.468. The highest BCUT2D eigenvalue weighted by Crippen LogP contribution is 2.20. The van der Waals surface area contributed by atoms with Gasteiger partial charge in [0.2, 0.25) is 0 Å². The summed E-state index contributed by atoms with van der Waals surface area (Å²) in [4.78, 5) is 11.8. The van der Waals surface area contributed by atoms with Gasteiger partial charge in [0, 0.05) is 17.6 Å². The molecule has 5 heteroatoms. The second-order valence-electron chi connectivity index (χ2n) is 4.35. The summed E-state index contributed by atoms with van der Waals surface area (Å²) < 4.78 is 6.21. The second kappa shape index (κ2) is 7.77. The molecule has 1 aromatic rings. The summed E-state index contributed by atoms with van der Waals surface area (Å²) >= 11 is 9.27. The Kier molecular flexibility index (Phi) is 6.68. The van der Waals surface area contributed by atoms with E-state index < -0.39 is 0 Å². The van der Waals surface area contributed by atoms with Crippen LogP contribution in [-0.4, -0.2) is 25.7 Å². The standard InChI is InChI=1S/C13H17BrClNO2/c1-9(2)8-18-6-5-16-13(17)11-7-10(14)3-4-12(11)15/h3-4,7,9H,5-6,8H2,1-2H3,(H,16,17). The topological polar surface area (TPSA) is 38.3 Å². The Morgan fingerprint density at radius 2 is 2.22 bits per heavy atom. The van der Waals surface area contributed by atoms with Crippen LogP contribution in [0.1, 0.15) is 24.2 Å². The fourth-order valence-corrected chi connectivity index (χ4v) is 1.89. The lowest BCUT2D eigenvalue weighted by Crippen LogP contribution is -2.27. The van der Waals surface area contributed by atoms with Crippen molar-refractivity contribution in [3.05, 3.63) is 33.3 Å². The predicted molar refractivity (Wildman–Crippen MR) is 77.1 cm³/mol. The maximum atomic E-state index is 11.8. The predicted octanol–water partition coefficient (Wildman–Crippen LogP) is 3.50. The average Bonchev–Trinajstić information content (AvgIpc) is 2.31. The number of benzene rings is 1. The number of ether oxygens (including phenoxy) is 1. The molecule has 0 bridgehead atoms. The van der Waals surface area contributed by atoms with Gasteiger partial charge in [-0.1, -0.05) is 41.4 Å². The minimum absolute atomic E-state index is 0.186. The van der Waals surface area contributed by atoms with Gasteiger partial charge in [-0.2, -0.15) is 0 Å². The minimum Gasteiger partial charge on any atom is -0.379 e. The van der Waals surface area contributed by atoms with E-state index in [0.29, 0.717) is 36.3 Å². The molecule has 18 heavy (non-hydrogen) atoms. The zero-order chi connectivity index (χ0) is 13.5. The quantitative estimate of drug-likeness (QED) is 0.809. The third-order valence-corrected chi connectivity index (χ3v) is 2.98. The summed E-state index contributed by atoms with van der Waals surface area (Å²) in [6.07, 6.45) is 0. The van der Waals surface area contributed by atoms with Crippen molar-refractivity contribution in [2.45, 2.75) is 13.8 Å². The molecule has 0 radical (unpaired) electrons. The third kappa shape index (κ3) is 5.38. The summed E-state index contributed by atoms with van der Waals surface area (Å²) in [6, 6.07) is 5.19. The molecule has 100 valence electrons. The Morgan fingerprint density at radius 3 is 2.89 bits per heavy atom. The first-order valence-electron chi connectivity index (χ1n) is 5.81. The van der Waals surface area contributed by atoms with Gasteiger partial charge >= 0.3 is 0 Å². The zero-order valence-electron chi connectivity index (χ0n) is 10.5. The number of hydrogen-bond acceptors (Lipinski definition) is 2. The van der Waals surface area contributed by atoms with Crippen LogP contribution in [0.15, 0.2) is 22.7 Å². The molecule has 0 fully saturated rings. The molecule has 0 aliphatic heterocycles. The first-order chi connectivity index (χ1) is 8.50. The summed E-state index contributed by atoms with van der Waals surface area (Å²) in [5, 5.41) is 3.21. The van der Waals surface area contributed by atoms with E-state index >= 15 is 0 Å². The van der Waals surface area contributed by atoms with Crippen LogP contribution in [0.25, 0.3) is 0 Å². The molecule has 3 nitrogen and oxygen atoms in total. The molecule has 1 amide bonds. The average molecular weight is 335 g/mol. The van der Waals surface area contributed by atoms with Crippen molar-refractivity contribution in [2.24, 2.45) is 5.92 Å². The molecule has 1 N–H and O–H groups in total. The van der Waals surface area contributed by atoms with E-state index in [2.05, 4.69) is 35.1 Å². The number of carbonyl (C=O) groups is 1. The van der Waals surface area contributed by atoms with E-state index in [9.17, 15) is 4.79 Å². The van der Waals surface area contributed by atoms with Crippen molar-refractivity contribution >= 4 is 33.4 Å². The lowest BCUT2D eigenvalue weighted by molar-refractivity contribution is 0.0886. The van der Waals surface area contributed by atoms with E-state index in [1.54, 1.807) is 18.2 Å². The SMILES string of the molecule is CC(C)COCCNC(=O)c1cc(Br)ccc1Cl. The number of rotatable bonds is 6. The maximum absolute atomic E-state index is 11.8. The molecular formula is C13H17BrClNO2. The van der Waals surface area contributed by atoms with Gasteiger partial charge in [-0.3, -0.25) is 4.79 Å². The molecule has 0 aliphatic rings. The fraction of sp³-hybridized carbons (Fsp3) is 0.462. The first kappa shape index (κ1) is 15.5. The van der Waals surface area contributed by atoms with Crippen LogP contribution < -0.4 is 5.32 Å². The Morgan fingerprint density at radius 1 is 1.50 bits per heavy atom. The van der Waals surface area contributed by atoms with Gasteiger partial charge in [0.05, 0.1) is 17.2 Å². The van der Waals surface area contributed by atoms with Gasteiger partial charge in [-0.15, -0.1) is 0 Å². The van der Waals surface area contributed by atoms with E-state index in [4.69, 9.17) is 16.3 Å². The zero-order valence-corrected chi connectivity index (χ0v) is 12.8. The summed E-state index contributed by atoms with van der Waals surface area (Å²) in [7, 11) is 0. The maximum Gasteiger partial charge on any atom is 0.252 e. The second-order valence-corrected chi connectivity index (χ2v) is 5.67. The number of hydrogen-bond donors (Lipinski definition) is 1. The van der Waals surface area contributed by atoms with E-state index in [-0.39, 0.29) is 5.91 Å². The molecule has 0 saturated heterocycles. The van der Waals surface area contributed by atoms with E-state index in [1.165, 1.54) is 0 Å². The highest BCUT2D eigenvalue weighted by molar-refractivity contribution is 9.10. The number of carbonyl (C=O) groups excluding carboxylic acids is 1. The van der Waals surface area contributed by atoms with Crippen LogP contribution in [0.5, 0.6) is 0 Å². The van der Waals surface area contributed by atoms with Crippen molar-refractivity contribution in [1.29, 1.82) is 0 Å². The number of nitrogens with one attached hydrogen (secondary N) is 1. The molecule has 0 saturated carbocycles.